The standard InChI is InChI=1S/C10H17N3S2/c1-7-8(2)15-10(12-7)6-13(3)5-4-9(11)14/h4-6H2,1-3H3,(H2,11,14). The number of aryl methyl sites for hydroxylation is 2. The largest absolute Gasteiger partial charge is 0.393 e. The third kappa shape index (κ3) is 4.24. The molecule has 0 aliphatic heterocycles. The van der Waals surface area contributed by atoms with Gasteiger partial charge in [0.15, 0.2) is 0 Å². The molecule has 5 heteroatoms. The lowest BCUT2D eigenvalue weighted by Gasteiger charge is -2.13. The van der Waals surface area contributed by atoms with Crippen LogP contribution in [0.4, 0.5) is 0 Å². The van der Waals surface area contributed by atoms with Crippen LogP contribution in [0.3, 0.4) is 0 Å². The fraction of sp³-hybridized carbons (Fsp3) is 0.600. The molecule has 1 aromatic rings. The molecule has 0 aromatic carbocycles. The van der Waals surface area contributed by atoms with E-state index in [-0.39, 0.29) is 0 Å². The summed E-state index contributed by atoms with van der Waals surface area (Å²) in [6.45, 7) is 5.92. The van der Waals surface area contributed by atoms with Gasteiger partial charge in [0.1, 0.15) is 5.01 Å². The first kappa shape index (κ1) is 12.5. The SMILES string of the molecule is Cc1nc(CN(C)CCC(N)=S)sc1C. The lowest BCUT2D eigenvalue weighted by molar-refractivity contribution is 0.336. The highest BCUT2D eigenvalue weighted by molar-refractivity contribution is 7.80. The summed E-state index contributed by atoms with van der Waals surface area (Å²) in [5.41, 5.74) is 6.59. The Morgan fingerprint density at radius 3 is 2.67 bits per heavy atom. The van der Waals surface area contributed by atoms with Crippen molar-refractivity contribution in [2.24, 2.45) is 5.73 Å². The van der Waals surface area contributed by atoms with Crippen LogP contribution in [0.1, 0.15) is 22.0 Å². The molecular weight excluding hydrogens is 226 g/mol. The minimum absolute atomic E-state index is 0.577. The van der Waals surface area contributed by atoms with Gasteiger partial charge in [0.05, 0.1) is 17.2 Å². The monoisotopic (exact) mass is 243 g/mol. The maximum Gasteiger partial charge on any atom is 0.107 e. The molecule has 0 amide bonds. The van der Waals surface area contributed by atoms with E-state index in [1.165, 1.54) is 4.88 Å². The van der Waals surface area contributed by atoms with Crippen molar-refractivity contribution in [1.29, 1.82) is 0 Å². The number of nitrogens with two attached hydrogens (primary N) is 1. The Bertz CT molecular complexity index is 327. The third-order valence-electron chi connectivity index (χ3n) is 2.22. The van der Waals surface area contributed by atoms with Crippen LogP contribution in [0.15, 0.2) is 0 Å². The van der Waals surface area contributed by atoms with Crippen LogP contribution in [0, 0.1) is 13.8 Å². The van der Waals surface area contributed by atoms with Crippen molar-refractivity contribution < 1.29 is 0 Å². The summed E-state index contributed by atoms with van der Waals surface area (Å²) in [7, 11) is 2.06. The number of thiazole rings is 1. The summed E-state index contributed by atoms with van der Waals surface area (Å²) >= 11 is 6.60. The van der Waals surface area contributed by atoms with E-state index in [0.717, 1.165) is 30.2 Å². The summed E-state index contributed by atoms with van der Waals surface area (Å²) in [5.74, 6) is 0. The van der Waals surface area contributed by atoms with Crippen molar-refractivity contribution >= 4 is 28.5 Å². The Kier molecular flexibility index (Phi) is 4.63. The molecule has 0 bridgehead atoms. The zero-order valence-electron chi connectivity index (χ0n) is 9.41. The number of thiocarbonyl (C=S) groups is 1. The molecule has 0 aliphatic rings. The average molecular weight is 243 g/mol. The highest BCUT2D eigenvalue weighted by Crippen LogP contribution is 2.17. The van der Waals surface area contributed by atoms with Crippen molar-refractivity contribution in [3.05, 3.63) is 15.6 Å². The summed E-state index contributed by atoms with van der Waals surface area (Å²) in [6.07, 6.45) is 0.773. The Labute approximate surface area is 100 Å². The molecule has 84 valence electrons. The van der Waals surface area contributed by atoms with Gasteiger partial charge in [-0.05, 0) is 20.9 Å². The van der Waals surface area contributed by atoms with Gasteiger partial charge in [0.2, 0.25) is 0 Å². The van der Waals surface area contributed by atoms with Crippen molar-refractivity contribution in [3.63, 3.8) is 0 Å². The van der Waals surface area contributed by atoms with Crippen LogP contribution in [0.5, 0.6) is 0 Å². The molecule has 15 heavy (non-hydrogen) atoms. The zero-order valence-corrected chi connectivity index (χ0v) is 11.0. The van der Waals surface area contributed by atoms with Crippen LogP contribution in [-0.2, 0) is 6.54 Å². The molecule has 0 atom stereocenters. The summed E-state index contributed by atoms with van der Waals surface area (Å²) in [4.78, 5) is 8.56. The predicted octanol–water partition coefficient (Wildman–Crippen LogP) is 1.87. The summed E-state index contributed by atoms with van der Waals surface area (Å²) in [6, 6.07) is 0. The van der Waals surface area contributed by atoms with E-state index >= 15 is 0 Å². The zero-order chi connectivity index (χ0) is 11.4. The Morgan fingerprint density at radius 2 is 2.20 bits per heavy atom. The molecular formula is C10H17N3S2. The topological polar surface area (TPSA) is 42.2 Å². The van der Waals surface area contributed by atoms with Gasteiger partial charge in [-0.15, -0.1) is 11.3 Å². The second kappa shape index (κ2) is 5.53. The Balaban J connectivity index is 2.44. The van der Waals surface area contributed by atoms with Crippen molar-refractivity contribution in [2.45, 2.75) is 26.8 Å². The average Bonchev–Trinajstić information content (AvgIpc) is 2.42. The van der Waals surface area contributed by atoms with Gasteiger partial charge in [-0.2, -0.15) is 0 Å². The van der Waals surface area contributed by atoms with E-state index in [1.54, 1.807) is 11.3 Å². The smallest absolute Gasteiger partial charge is 0.107 e. The first-order valence-corrected chi connectivity index (χ1v) is 6.11. The first-order valence-electron chi connectivity index (χ1n) is 4.89. The number of nitrogens with zero attached hydrogens (tertiary/aromatic N) is 2. The predicted molar refractivity (Wildman–Crippen MR) is 69.3 cm³/mol. The van der Waals surface area contributed by atoms with E-state index in [9.17, 15) is 0 Å². The minimum atomic E-state index is 0.577. The number of aromatic nitrogens is 1. The van der Waals surface area contributed by atoms with Crippen LogP contribution in [0.25, 0.3) is 0 Å². The molecule has 0 unspecified atom stereocenters. The molecule has 1 heterocycles. The van der Waals surface area contributed by atoms with E-state index in [0.29, 0.717) is 4.99 Å². The molecule has 0 radical (unpaired) electrons. The lowest BCUT2D eigenvalue weighted by Crippen LogP contribution is -2.23. The first-order chi connectivity index (χ1) is 6.99. The Morgan fingerprint density at radius 1 is 1.53 bits per heavy atom. The van der Waals surface area contributed by atoms with Gasteiger partial charge < -0.3 is 5.73 Å². The van der Waals surface area contributed by atoms with E-state index in [4.69, 9.17) is 18.0 Å². The second-order valence-corrected chi connectivity index (χ2v) is 5.52. The number of rotatable bonds is 5. The molecule has 0 fully saturated rings. The third-order valence-corrected chi connectivity index (χ3v) is 3.48. The summed E-state index contributed by atoms with van der Waals surface area (Å²) in [5, 5.41) is 1.16. The minimum Gasteiger partial charge on any atom is -0.393 e. The fourth-order valence-electron chi connectivity index (χ4n) is 1.22. The molecule has 0 saturated heterocycles. The van der Waals surface area contributed by atoms with E-state index in [1.807, 2.05) is 6.92 Å². The van der Waals surface area contributed by atoms with Crippen LogP contribution < -0.4 is 5.73 Å². The normalized spacial score (nSPS) is 10.9. The van der Waals surface area contributed by atoms with Gasteiger partial charge in [0, 0.05) is 17.8 Å². The molecule has 1 rings (SSSR count). The maximum atomic E-state index is 5.45. The van der Waals surface area contributed by atoms with Gasteiger partial charge in [-0.3, -0.25) is 4.90 Å². The molecule has 3 nitrogen and oxygen atoms in total. The number of hydrogen-bond donors (Lipinski definition) is 1. The van der Waals surface area contributed by atoms with Crippen molar-refractivity contribution in [3.8, 4) is 0 Å². The number of hydrogen-bond acceptors (Lipinski definition) is 4. The van der Waals surface area contributed by atoms with Crippen molar-refractivity contribution in [2.75, 3.05) is 13.6 Å². The molecule has 0 spiro atoms. The van der Waals surface area contributed by atoms with Crippen LogP contribution >= 0.6 is 23.6 Å². The Hall–Kier alpha value is -0.520. The van der Waals surface area contributed by atoms with Crippen LogP contribution in [-0.4, -0.2) is 28.5 Å². The quantitative estimate of drug-likeness (QED) is 0.802. The molecule has 2 N–H and O–H groups in total. The van der Waals surface area contributed by atoms with Gasteiger partial charge in [-0.25, -0.2) is 4.98 Å². The van der Waals surface area contributed by atoms with E-state index in [2.05, 4.69) is 23.9 Å². The maximum absolute atomic E-state index is 5.45. The molecule has 1 aromatic heterocycles. The highest BCUT2D eigenvalue weighted by Gasteiger charge is 2.06. The van der Waals surface area contributed by atoms with Gasteiger partial charge >= 0.3 is 0 Å². The lowest BCUT2D eigenvalue weighted by atomic mass is 10.4. The van der Waals surface area contributed by atoms with E-state index < -0.39 is 0 Å². The van der Waals surface area contributed by atoms with Crippen LogP contribution in [0.2, 0.25) is 0 Å². The molecule has 0 saturated carbocycles. The highest BCUT2D eigenvalue weighted by atomic mass is 32.1. The van der Waals surface area contributed by atoms with Crippen molar-refractivity contribution in [1.82, 2.24) is 9.88 Å². The van der Waals surface area contributed by atoms with Gasteiger partial charge in [-0.1, -0.05) is 12.2 Å². The van der Waals surface area contributed by atoms with Gasteiger partial charge in [0.25, 0.3) is 0 Å². The fourth-order valence-corrected chi connectivity index (χ4v) is 2.32. The summed E-state index contributed by atoms with van der Waals surface area (Å²) < 4.78 is 0. The molecule has 0 aliphatic carbocycles. The second-order valence-electron chi connectivity index (χ2n) is 3.70.